The van der Waals surface area contributed by atoms with E-state index in [0.29, 0.717) is 6.04 Å². The maximum absolute atomic E-state index is 5.42. The molecule has 2 aliphatic rings. The number of rotatable bonds is 6. The largest absolute Gasteiger partial charge is 0.378 e. The van der Waals surface area contributed by atoms with Crippen LogP contribution in [0.3, 0.4) is 0 Å². The smallest absolute Gasteiger partial charge is 0.227 e. The van der Waals surface area contributed by atoms with Gasteiger partial charge < -0.3 is 19.9 Å². The topological polar surface area (TPSA) is 66.4 Å². The van der Waals surface area contributed by atoms with Gasteiger partial charge in [0.15, 0.2) is 0 Å². The zero-order chi connectivity index (χ0) is 19.2. The third-order valence-electron chi connectivity index (χ3n) is 5.42. The number of pyridine rings is 1. The second-order valence-corrected chi connectivity index (χ2v) is 7.65. The molecule has 1 N–H and O–H groups in total. The average molecular weight is 383 g/mol. The number of piperidine rings is 1. The van der Waals surface area contributed by atoms with E-state index in [0.717, 1.165) is 69.8 Å². The van der Waals surface area contributed by atoms with Gasteiger partial charge in [-0.15, -0.1) is 0 Å². The van der Waals surface area contributed by atoms with Gasteiger partial charge in [0, 0.05) is 56.2 Å². The molecular weight excluding hydrogens is 352 g/mol. The molecule has 4 heterocycles. The molecular formula is C21H30N6O. The van der Waals surface area contributed by atoms with Gasteiger partial charge in [-0.25, -0.2) is 4.98 Å². The van der Waals surface area contributed by atoms with Crippen LogP contribution in [0.5, 0.6) is 0 Å². The lowest BCUT2D eigenvalue weighted by Crippen LogP contribution is -2.43. The van der Waals surface area contributed by atoms with Crippen molar-refractivity contribution in [1.82, 2.24) is 19.9 Å². The monoisotopic (exact) mass is 382 g/mol. The summed E-state index contributed by atoms with van der Waals surface area (Å²) in [6.45, 7) is 8.51. The Morgan fingerprint density at radius 1 is 1.14 bits per heavy atom. The van der Waals surface area contributed by atoms with Crippen LogP contribution in [0, 0.1) is 6.92 Å². The molecule has 28 heavy (non-hydrogen) atoms. The van der Waals surface area contributed by atoms with E-state index >= 15 is 0 Å². The van der Waals surface area contributed by atoms with Crippen molar-refractivity contribution in [3.8, 4) is 0 Å². The predicted octanol–water partition coefficient (Wildman–Crippen LogP) is 2.14. The van der Waals surface area contributed by atoms with Gasteiger partial charge in [-0.1, -0.05) is 6.07 Å². The number of likely N-dealkylation sites (tertiary alicyclic amines) is 1. The summed E-state index contributed by atoms with van der Waals surface area (Å²) in [5.74, 6) is 1.72. The Balaban J connectivity index is 1.31. The third-order valence-corrected chi connectivity index (χ3v) is 5.42. The van der Waals surface area contributed by atoms with Gasteiger partial charge >= 0.3 is 0 Å². The Morgan fingerprint density at radius 2 is 2.04 bits per heavy atom. The first kappa shape index (κ1) is 19.1. The van der Waals surface area contributed by atoms with Gasteiger partial charge in [0.1, 0.15) is 5.82 Å². The van der Waals surface area contributed by atoms with Gasteiger partial charge in [-0.05, 0) is 44.5 Å². The zero-order valence-corrected chi connectivity index (χ0v) is 16.7. The zero-order valence-electron chi connectivity index (χ0n) is 16.7. The molecule has 4 rings (SSSR count). The summed E-state index contributed by atoms with van der Waals surface area (Å²) in [5.41, 5.74) is 2.27. The summed E-state index contributed by atoms with van der Waals surface area (Å²) in [6.07, 6.45) is 5.24. The maximum Gasteiger partial charge on any atom is 0.227 e. The van der Waals surface area contributed by atoms with Gasteiger partial charge in [-0.2, -0.15) is 4.98 Å². The van der Waals surface area contributed by atoms with E-state index in [1.807, 2.05) is 12.3 Å². The van der Waals surface area contributed by atoms with Crippen LogP contribution >= 0.6 is 0 Å². The van der Waals surface area contributed by atoms with Crippen molar-refractivity contribution < 1.29 is 4.74 Å². The molecule has 2 aromatic heterocycles. The summed E-state index contributed by atoms with van der Waals surface area (Å²) in [4.78, 5) is 18.5. The van der Waals surface area contributed by atoms with E-state index < -0.39 is 0 Å². The number of hydrogen-bond donors (Lipinski definition) is 1. The number of hydrogen-bond acceptors (Lipinski definition) is 7. The minimum atomic E-state index is 0.423. The van der Waals surface area contributed by atoms with E-state index in [2.05, 4.69) is 50.2 Å². The average Bonchev–Trinajstić information content (AvgIpc) is 2.74. The number of aryl methyl sites for hydroxylation is 1. The summed E-state index contributed by atoms with van der Waals surface area (Å²) in [7, 11) is 0. The molecule has 0 amide bonds. The van der Waals surface area contributed by atoms with E-state index in [9.17, 15) is 0 Å². The second kappa shape index (κ2) is 9.30. The fraction of sp³-hybridized carbons (Fsp3) is 0.571. The number of aromatic nitrogens is 3. The molecule has 0 aliphatic carbocycles. The van der Waals surface area contributed by atoms with Crippen LogP contribution in [0.15, 0.2) is 30.5 Å². The second-order valence-electron chi connectivity index (χ2n) is 7.65. The Morgan fingerprint density at radius 3 is 2.89 bits per heavy atom. The standard InChI is InChI=1S/C21H30N6O/c1-17-4-2-5-18(23-17)8-11-26-10-3-6-19(16-26)24-20-7-9-22-21(25-20)27-12-14-28-15-13-27/h2,4-5,7,9,19H,3,6,8,10-16H2,1H3,(H,22,24,25). The van der Waals surface area contributed by atoms with Crippen molar-refractivity contribution in [1.29, 1.82) is 0 Å². The van der Waals surface area contributed by atoms with Crippen LogP contribution in [0.25, 0.3) is 0 Å². The quantitative estimate of drug-likeness (QED) is 0.821. The highest BCUT2D eigenvalue weighted by Gasteiger charge is 2.21. The number of anilines is 2. The van der Waals surface area contributed by atoms with Crippen LogP contribution < -0.4 is 10.2 Å². The lowest BCUT2D eigenvalue weighted by Gasteiger charge is -2.33. The first-order valence-electron chi connectivity index (χ1n) is 10.3. The third kappa shape index (κ3) is 5.17. The molecule has 0 radical (unpaired) electrons. The van der Waals surface area contributed by atoms with E-state index in [1.165, 1.54) is 18.5 Å². The molecule has 1 atom stereocenters. The molecule has 0 aromatic carbocycles. The Bertz CT molecular complexity index is 764. The van der Waals surface area contributed by atoms with E-state index in [-0.39, 0.29) is 0 Å². The highest BCUT2D eigenvalue weighted by atomic mass is 16.5. The predicted molar refractivity (Wildman–Crippen MR) is 111 cm³/mol. The SMILES string of the molecule is Cc1cccc(CCN2CCCC(Nc3ccnc(N4CCOCC4)n3)C2)n1. The van der Waals surface area contributed by atoms with Crippen LogP contribution in [-0.2, 0) is 11.2 Å². The minimum absolute atomic E-state index is 0.423. The van der Waals surface area contributed by atoms with Crippen LogP contribution in [0.2, 0.25) is 0 Å². The number of nitrogens with one attached hydrogen (secondary N) is 1. The maximum atomic E-state index is 5.42. The molecule has 2 saturated heterocycles. The van der Waals surface area contributed by atoms with Crippen LogP contribution in [-0.4, -0.2) is 71.8 Å². The minimum Gasteiger partial charge on any atom is -0.378 e. The first-order valence-corrected chi connectivity index (χ1v) is 10.3. The molecule has 150 valence electrons. The normalized spacial score (nSPS) is 20.9. The fourth-order valence-corrected chi connectivity index (χ4v) is 3.94. The molecule has 0 bridgehead atoms. The molecule has 2 aliphatic heterocycles. The molecule has 7 nitrogen and oxygen atoms in total. The summed E-state index contributed by atoms with van der Waals surface area (Å²) in [5, 5.41) is 3.63. The number of nitrogens with zero attached hydrogens (tertiary/aromatic N) is 5. The van der Waals surface area contributed by atoms with Crippen molar-refractivity contribution in [3.63, 3.8) is 0 Å². The van der Waals surface area contributed by atoms with Crippen molar-refractivity contribution in [2.75, 3.05) is 56.2 Å². The first-order chi connectivity index (χ1) is 13.8. The van der Waals surface area contributed by atoms with Gasteiger partial charge in [0.05, 0.1) is 13.2 Å². The van der Waals surface area contributed by atoms with Crippen molar-refractivity contribution >= 4 is 11.8 Å². The molecule has 7 heteroatoms. The summed E-state index contributed by atoms with van der Waals surface area (Å²) < 4.78 is 5.42. The molecule has 1 unspecified atom stereocenters. The van der Waals surface area contributed by atoms with Crippen LogP contribution in [0.1, 0.15) is 24.2 Å². The van der Waals surface area contributed by atoms with Crippen molar-refractivity contribution in [2.24, 2.45) is 0 Å². The van der Waals surface area contributed by atoms with Gasteiger partial charge in [-0.3, -0.25) is 4.98 Å². The number of morpholine rings is 1. The molecule has 2 aromatic rings. The van der Waals surface area contributed by atoms with Crippen molar-refractivity contribution in [2.45, 2.75) is 32.2 Å². The highest BCUT2D eigenvalue weighted by Crippen LogP contribution is 2.17. The molecule has 0 spiro atoms. The van der Waals surface area contributed by atoms with E-state index in [4.69, 9.17) is 9.72 Å². The fourth-order valence-electron chi connectivity index (χ4n) is 3.94. The Kier molecular flexibility index (Phi) is 6.34. The van der Waals surface area contributed by atoms with Gasteiger partial charge in [0.25, 0.3) is 0 Å². The Hall–Kier alpha value is -2.25. The summed E-state index contributed by atoms with van der Waals surface area (Å²) >= 11 is 0. The highest BCUT2D eigenvalue weighted by molar-refractivity contribution is 5.42. The van der Waals surface area contributed by atoms with Crippen LogP contribution in [0.4, 0.5) is 11.8 Å². The lowest BCUT2D eigenvalue weighted by atomic mass is 10.1. The van der Waals surface area contributed by atoms with E-state index in [1.54, 1.807) is 0 Å². The summed E-state index contributed by atoms with van der Waals surface area (Å²) in [6, 6.07) is 8.67. The lowest BCUT2D eigenvalue weighted by molar-refractivity contribution is 0.122. The van der Waals surface area contributed by atoms with Crippen molar-refractivity contribution in [3.05, 3.63) is 41.9 Å². The molecule has 0 saturated carbocycles. The Labute approximate surface area is 167 Å². The van der Waals surface area contributed by atoms with Gasteiger partial charge in [0.2, 0.25) is 5.95 Å². The number of ether oxygens (including phenoxy) is 1. The molecule has 2 fully saturated rings.